The van der Waals surface area contributed by atoms with E-state index >= 15 is 0 Å². The minimum Gasteiger partial charge on any atom is -0.346 e. The molecular formula is C20H18ClN3O2. The molecule has 0 bridgehead atoms. The topological polar surface area (TPSA) is 64.0 Å². The van der Waals surface area contributed by atoms with E-state index in [0.717, 1.165) is 30.8 Å². The molecule has 2 aromatic carbocycles. The van der Waals surface area contributed by atoms with Crippen LogP contribution < -0.4 is 10.9 Å². The summed E-state index contributed by atoms with van der Waals surface area (Å²) in [7, 11) is 0. The second-order valence-corrected chi connectivity index (χ2v) is 7.00. The SMILES string of the molecule is C[C@H](NC(=O)c1ccc2c(=O)n3c(nc2c1)CCC3)c1ccc(Cl)cc1. The van der Waals surface area contributed by atoms with Crippen LogP contribution >= 0.6 is 11.6 Å². The number of nitrogens with zero attached hydrogens (tertiary/aromatic N) is 2. The highest BCUT2D eigenvalue weighted by Crippen LogP contribution is 2.19. The van der Waals surface area contributed by atoms with Crippen LogP contribution in [0.3, 0.4) is 0 Å². The average Bonchev–Trinajstić information content (AvgIpc) is 3.10. The quantitative estimate of drug-likeness (QED) is 0.770. The van der Waals surface area contributed by atoms with E-state index in [1.54, 1.807) is 34.9 Å². The fraction of sp³-hybridized carbons (Fsp3) is 0.250. The molecule has 0 saturated carbocycles. The fourth-order valence-corrected chi connectivity index (χ4v) is 3.47. The zero-order valence-corrected chi connectivity index (χ0v) is 15.1. The van der Waals surface area contributed by atoms with Crippen LogP contribution in [0.25, 0.3) is 10.9 Å². The monoisotopic (exact) mass is 367 g/mol. The number of benzene rings is 2. The number of halogens is 1. The molecule has 0 unspecified atom stereocenters. The molecule has 1 aliphatic heterocycles. The molecule has 26 heavy (non-hydrogen) atoms. The Hall–Kier alpha value is -2.66. The molecular weight excluding hydrogens is 350 g/mol. The molecule has 4 rings (SSSR count). The smallest absolute Gasteiger partial charge is 0.261 e. The van der Waals surface area contributed by atoms with Crippen molar-refractivity contribution in [3.8, 4) is 0 Å². The van der Waals surface area contributed by atoms with Crippen molar-refractivity contribution in [2.45, 2.75) is 32.4 Å². The van der Waals surface area contributed by atoms with Gasteiger partial charge in [0, 0.05) is 23.6 Å². The van der Waals surface area contributed by atoms with Gasteiger partial charge >= 0.3 is 0 Å². The number of aryl methyl sites for hydroxylation is 1. The van der Waals surface area contributed by atoms with E-state index in [-0.39, 0.29) is 17.5 Å². The van der Waals surface area contributed by atoms with Gasteiger partial charge in [0.15, 0.2) is 0 Å². The number of hydrogen-bond acceptors (Lipinski definition) is 3. The Labute approximate surface area is 155 Å². The van der Waals surface area contributed by atoms with Gasteiger partial charge < -0.3 is 5.32 Å². The number of hydrogen-bond donors (Lipinski definition) is 1. The van der Waals surface area contributed by atoms with Gasteiger partial charge in [-0.3, -0.25) is 14.2 Å². The molecule has 2 heterocycles. The molecule has 1 aromatic heterocycles. The molecule has 1 amide bonds. The number of amides is 1. The van der Waals surface area contributed by atoms with Crippen molar-refractivity contribution in [3.63, 3.8) is 0 Å². The summed E-state index contributed by atoms with van der Waals surface area (Å²) in [5.41, 5.74) is 2.02. The van der Waals surface area contributed by atoms with Crippen molar-refractivity contribution in [1.82, 2.24) is 14.9 Å². The van der Waals surface area contributed by atoms with E-state index in [9.17, 15) is 9.59 Å². The lowest BCUT2D eigenvalue weighted by Crippen LogP contribution is -2.27. The van der Waals surface area contributed by atoms with E-state index in [2.05, 4.69) is 10.3 Å². The summed E-state index contributed by atoms with van der Waals surface area (Å²) in [6, 6.07) is 12.3. The Morgan fingerprint density at radius 2 is 2.00 bits per heavy atom. The first-order valence-corrected chi connectivity index (χ1v) is 9.00. The highest BCUT2D eigenvalue weighted by molar-refractivity contribution is 6.30. The van der Waals surface area contributed by atoms with Gasteiger partial charge in [-0.25, -0.2) is 4.98 Å². The third-order valence-corrected chi connectivity index (χ3v) is 5.05. The predicted octanol–water partition coefficient (Wildman–Crippen LogP) is 3.49. The predicted molar refractivity (Wildman–Crippen MR) is 102 cm³/mol. The van der Waals surface area contributed by atoms with Crippen LogP contribution in [0.4, 0.5) is 0 Å². The molecule has 0 fully saturated rings. The largest absolute Gasteiger partial charge is 0.346 e. The molecule has 1 atom stereocenters. The zero-order valence-electron chi connectivity index (χ0n) is 14.3. The van der Waals surface area contributed by atoms with Gasteiger partial charge in [0.25, 0.3) is 11.5 Å². The number of aromatic nitrogens is 2. The summed E-state index contributed by atoms with van der Waals surface area (Å²) in [5, 5.41) is 4.18. The van der Waals surface area contributed by atoms with E-state index in [0.29, 0.717) is 21.5 Å². The summed E-state index contributed by atoms with van der Waals surface area (Å²) in [5.74, 6) is 0.603. The lowest BCUT2D eigenvalue weighted by molar-refractivity contribution is 0.0940. The van der Waals surface area contributed by atoms with E-state index in [1.807, 2.05) is 19.1 Å². The van der Waals surface area contributed by atoms with Crippen molar-refractivity contribution < 1.29 is 4.79 Å². The lowest BCUT2D eigenvalue weighted by Gasteiger charge is -2.15. The Morgan fingerprint density at radius 1 is 1.23 bits per heavy atom. The molecule has 0 aliphatic carbocycles. The highest BCUT2D eigenvalue weighted by Gasteiger charge is 2.18. The van der Waals surface area contributed by atoms with Crippen molar-refractivity contribution >= 4 is 28.4 Å². The number of fused-ring (bicyclic) bond motifs is 2. The van der Waals surface area contributed by atoms with Gasteiger partial charge in [-0.15, -0.1) is 0 Å². The summed E-state index contributed by atoms with van der Waals surface area (Å²) in [6.45, 7) is 2.64. The van der Waals surface area contributed by atoms with E-state index < -0.39 is 0 Å². The number of carbonyl (C=O) groups excluding carboxylic acids is 1. The second kappa shape index (κ2) is 6.57. The van der Waals surface area contributed by atoms with Crippen LogP contribution in [0.5, 0.6) is 0 Å². The van der Waals surface area contributed by atoms with Crippen LogP contribution in [-0.2, 0) is 13.0 Å². The van der Waals surface area contributed by atoms with Crippen molar-refractivity contribution in [1.29, 1.82) is 0 Å². The number of nitrogens with one attached hydrogen (secondary N) is 1. The van der Waals surface area contributed by atoms with Crippen LogP contribution in [0.1, 0.15) is 41.1 Å². The van der Waals surface area contributed by atoms with Crippen LogP contribution in [0, 0.1) is 0 Å². The molecule has 1 aliphatic rings. The molecule has 5 nitrogen and oxygen atoms in total. The van der Waals surface area contributed by atoms with Crippen LogP contribution in [0.15, 0.2) is 47.3 Å². The Morgan fingerprint density at radius 3 is 2.77 bits per heavy atom. The maximum absolute atomic E-state index is 12.6. The Kier molecular flexibility index (Phi) is 4.24. The molecule has 0 saturated heterocycles. The minimum absolute atomic E-state index is 0.0241. The summed E-state index contributed by atoms with van der Waals surface area (Å²) in [6.07, 6.45) is 1.74. The van der Waals surface area contributed by atoms with Crippen molar-refractivity contribution in [2.75, 3.05) is 0 Å². The summed E-state index contributed by atoms with van der Waals surface area (Å²) < 4.78 is 1.73. The molecule has 0 spiro atoms. The maximum Gasteiger partial charge on any atom is 0.261 e. The third-order valence-electron chi connectivity index (χ3n) is 4.80. The minimum atomic E-state index is -0.197. The van der Waals surface area contributed by atoms with Crippen LogP contribution in [0.2, 0.25) is 5.02 Å². The Bertz CT molecular complexity index is 1060. The normalized spacial score (nSPS) is 14.2. The molecule has 6 heteroatoms. The third kappa shape index (κ3) is 2.99. The first-order valence-electron chi connectivity index (χ1n) is 8.63. The fourth-order valence-electron chi connectivity index (χ4n) is 3.34. The molecule has 0 radical (unpaired) electrons. The average molecular weight is 368 g/mol. The van der Waals surface area contributed by atoms with Gasteiger partial charge in [-0.2, -0.15) is 0 Å². The highest BCUT2D eigenvalue weighted by atomic mass is 35.5. The second-order valence-electron chi connectivity index (χ2n) is 6.57. The first-order chi connectivity index (χ1) is 12.5. The first kappa shape index (κ1) is 16.8. The Balaban J connectivity index is 1.62. The van der Waals surface area contributed by atoms with Crippen molar-refractivity contribution in [3.05, 3.63) is 74.8 Å². The molecule has 1 N–H and O–H groups in total. The van der Waals surface area contributed by atoms with Gasteiger partial charge in [-0.1, -0.05) is 23.7 Å². The molecule has 132 valence electrons. The van der Waals surface area contributed by atoms with Gasteiger partial charge in [-0.05, 0) is 49.2 Å². The van der Waals surface area contributed by atoms with Gasteiger partial charge in [0.05, 0.1) is 16.9 Å². The van der Waals surface area contributed by atoms with Gasteiger partial charge in [0.2, 0.25) is 0 Å². The zero-order chi connectivity index (χ0) is 18.3. The number of rotatable bonds is 3. The standard InChI is InChI=1S/C20H18ClN3O2/c1-12(13-4-7-15(21)8-5-13)22-19(25)14-6-9-16-17(11-14)23-18-3-2-10-24(18)20(16)26/h4-9,11-12H,2-3,10H2,1H3,(H,22,25)/t12-/m0/s1. The summed E-state index contributed by atoms with van der Waals surface area (Å²) in [4.78, 5) is 29.7. The lowest BCUT2D eigenvalue weighted by atomic mass is 10.1. The van der Waals surface area contributed by atoms with Gasteiger partial charge in [0.1, 0.15) is 5.82 Å². The maximum atomic E-state index is 12.6. The van der Waals surface area contributed by atoms with E-state index in [4.69, 9.17) is 11.6 Å². The van der Waals surface area contributed by atoms with Crippen LogP contribution in [-0.4, -0.2) is 15.5 Å². The van der Waals surface area contributed by atoms with E-state index in [1.165, 1.54) is 0 Å². The number of carbonyl (C=O) groups is 1. The summed E-state index contributed by atoms with van der Waals surface area (Å²) >= 11 is 5.90. The van der Waals surface area contributed by atoms with Crippen molar-refractivity contribution in [2.24, 2.45) is 0 Å². The molecule has 3 aromatic rings.